The second kappa shape index (κ2) is 5.55. The highest BCUT2D eigenvalue weighted by atomic mass is 35.5. The standard InChI is InChI=1S/C13H12ClF3N2O2/c1-7-5-18-11(20)12(21)19(7)6-8-3-2-4-9(10(8)14)13(15,16)17/h2-4,7H,5-6H2,1H3,(H,18,20). The van der Waals surface area contributed by atoms with Gasteiger partial charge in [-0.15, -0.1) is 0 Å². The van der Waals surface area contributed by atoms with Gasteiger partial charge < -0.3 is 10.2 Å². The van der Waals surface area contributed by atoms with E-state index in [1.54, 1.807) is 6.92 Å². The fraction of sp³-hybridized carbons (Fsp3) is 0.385. The van der Waals surface area contributed by atoms with Crippen LogP contribution in [0.3, 0.4) is 0 Å². The monoisotopic (exact) mass is 320 g/mol. The Kier molecular flexibility index (Phi) is 4.13. The van der Waals surface area contributed by atoms with Crippen molar-refractivity contribution in [1.29, 1.82) is 0 Å². The lowest BCUT2D eigenvalue weighted by atomic mass is 10.1. The third kappa shape index (κ3) is 3.12. The molecule has 1 heterocycles. The van der Waals surface area contributed by atoms with E-state index in [4.69, 9.17) is 11.6 Å². The van der Waals surface area contributed by atoms with Crippen molar-refractivity contribution in [3.63, 3.8) is 0 Å². The third-order valence-corrected chi connectivity index (χ3v) is 3.72. The number of benzene rings is 1. The maximum atomic E-state index is 12.8. The summed E-state index contributed by atoms with van der Waals surface area (Å²) in [5.41, 5.74) is -0.801. The smallest absolute Gasteiger partial charge is 0.346 e. The molecule has 0 aromatic heterocycles. The molecule has 1 atom stereocenters. The molecule has 4 nitrogen and oxygen atoms in total. The molecule has 8 heteroatoms. The molecule has 21 heavy (non-hydrogen) atoms. The quantitative estimate of drug-likeness (QED) is 0.849. The highest BCUT2D eigenvalue weighted by molar-refractivity contribution is 6.35. The van der Waals surface area contributed by atoms with Gasteiger partial charge in [0.05, 0.1) is 10.6 Å². The first-order valence-corrected chi connectivity index (χ1v) is 6.53. The molecule has 1 aromatic rings. The zero-order chi connectivity index (χ0) is 15.8. The van der Waals surface area contributed by atoms with Crippen molar-refractivity contribution in [1.82, 2.24) is 10.2 Å². The predicted molar refractivity (Wildman–Crippen MR) is 69.5 cm³/mol. The van der Waals surface area contributed by atoms with Crippen molar-refractivity contribution in [3.05, 3.63) is 34.3 Å². The van der Waals surface area contributed by atoms with Crippen LogP contribution < -0.4 is 5.32 Å². The van der Waals surface area contributed by atoms with Crippen LogP contribution in [-0.4, -0.2) is 29.3 Å². The number of alkyl halides is 3. The highest BCUT2D eigenvalue weighted by Crippen LogP contribution is 2.36. The van der Waals surface area contributed by atoms with Crippen LogP contribution >= 0.6 is 11.6 Å². The van der Waals surface area contributed by atoms with Crippen LogP contribution in [0.1, 0.15) is 18.1 Å². The summed E-state index contributed by atoms with van der Waals surface area (Å²) < 4.78 is 38.4. The van der Waals surface area contributed by atoms with E-state index in [9.17, 15) is 22.8 Å². The second-order valence-corrected chi connectivity index (χ2v) is 5.15. The zero-order valence-corrected chi connectivity index (χ0v) is 11.8. The van der Waals surface area contributed by atoms with Crippen LogP contribution in [0.25, 0.3) is 0 Å². The maximum absolute atomic E-state index is 12.8. The van der Waals surface area contributed by atoms with E-state index < -0.39 is 28.6 Å². The summed E-state index contributed by atoms with van der Waals surface area (Å²) in [7, 11) is 0. The van der Waals surface area contributed by atoms with Crippen LogP contribution in [0.4, 0.5) is 13.2 Å². The summed E-state index contributed by atoms with van der Waals surface area (Å²) in [5.74, 6) is -1.54. The fourth-order valence-electron chi connectivity index (χ4n) is 2.09. The number of hydrogen-bond acceptors (Lipinski definition) is 2. The van der Waals surface area contributed by atoms with Crippen molar-refractivity contribution >= 4 is 23.4 Å². The van der Waals surface area contributed by atoms with Crippen LogP contribution in [0, 0.1) is 0 Å². The maximum Gasteiger partial charge on any atom is 0.417 e. The summed E-state index contributed by atoms with van der Waals surface area (Å²) in [5, 5.41) is 1.96. The molecule has 2 rings (SSSR count). The van der Waals surface area contributed by atoms with E-state index >= 15 is 0 Å². The summed E-state index contributed by atoms with van der Waals surface area (Å²) >= 11 is 5.79. The molecule has 1 N–H and O–H groups in total. The van der Waals surface area contributed by atoms with Gasteiger partial charge in [-0.05, 0) is 18.6 Å². The second-order valence-electron chi connectivity index (χ2n) is 4.77. The van der Waals surface area contributed by atoms with Crippen molar-refractivity contribution < 1.29 is 22.8 Å². The third-order valence-electron chi connectivity index (χ3n) is 3.27. The Morgan fingerprint density at radius 2 is 2.05 bits per heavy atom. The van der Waals surface area contributed by atoms with Gasteiger partial charge in [0.15, 0.2) is 0 Å². The largest absolute Gasteiger partial charge is 0.417 e. The number of halogens is 4. The van der Waals surface area contributed by atoms with Crippen LogP contribution in [-0.2, 0) is 22.3 Å². The minimum Gasteiger partial charge on any atom is -0.346 e. The number of amides is 2. The number of hydrogen-bond donors (Lipinski definition) is 1. The van der Waals surface area contributed by atoms with Gasteiger partial charge in [-0.1, -0.05) is 23.7 Å². The molecule has 1 saturated heterocycles. The van der Waals surface area contributed by atoms with Gasteiger partial charge in [-0.2, -0.15) is 13.2 Å². The first-order valence-electron chi connectivity index (χ1n) is 6.15. The van der Waals surface area contributed by atoms with E-state index in [0.717, 1.165) is 6.07 Å². The van der Waals surface area contributed by atoms with Crippen molar-refractivity contribution in [2.75, 3.05) is 6.54 Å². The fourth-order valence-corrected chi connectivity index (χ4v) is 2.38. The Labute approximate surface area is 123 Å². The molecule has 0 bridgehead atoms. The van der Waals surface area contributed by atoms with Gasteiger partial charge in [0, 0.05) is 19.1 Å². The lowest BCUT2D eigenvalue weighted by molar-refractivity contribution is -0.150. The molecule has 1 aliphatic heterocycles. The normalized spacial score (nSPS) is 19.7. The lowest BCUT2D eigenvalue weighted by Crippen LogP contribution is -2.56. The lowest BCUT2D eigenvalue weighted by Gasteiger charge is -2.33. The van der Waals surface area contributed by atoms with Crippen molar-refractivity contribution in [3.8, 4) is 0 Å². The molecule has 1 unspecified atom stereocenters. The van der Waals surface area contributed by atoms with Gasteiger partial charge in [-0.25, -0.2) is 0 Å². The summed E-state index contributed by atoms with van der Waals surface area (Å²) in [6, 6.07) is 3.19. The Bertz CT molecular complexity index is 589. The average Bonchev–Trinajstić information content (AvgIpc) is 2.39. The number of carbonyl (C=O) groups is 2. The molecule has 0 saturated carbocycles. The molecule has 2 amide bonds. The minimum atomic E-state index is -4.57. The number of carbonyl (C=O) groups excluding carboxylic acids is 2. The Morgan fingerprint density at radius 3 is 2.67 bits per heavy atom. The summed E-state index contributed by atoms with van der Waals surface area (Å²) in [4.78, 5) is 24.3. The average molecular weight is 321 g/mol. The highest BCUT2D eigenvalue weighted by Gasteiger charge is 2.35. The van der Waals surface area contributed by atoms with Gasteiger partial charge >= 0.3 is 18.0 Å². The summed E-state index contributed by atoms with van der Waals surface area (Å²) in [6.07, 6.45) is -4.57. The molecule has 0 spiro atoms. The zero-order valence-electron chi connectivity index (χ0n) is 11.0. The topological polar surface area (TPSA) is 49.4 Å². The van der Waals surface area contributed by atoms with E-state index in [1.807, 2.05) is 0 Å². The van der Waals surface area contributed by atoms with E-state index in [-0.39, 0.29) is 24.7 Å². The van der Waals surface area contributed by atoms with Crippen LogP contribution in [0.2, 0.25) is 5.02 Å². The number of piperazine rings is 1. The predicted octanol–water partition coefficient (Wildman–Crippen LogP) is 2.21. The Hall–Kier alpha value is -1.76. The number of nitrogens with one attached hydrogen (secondary N) is 1. The first kappa shape index (κ1) is 15.6. The van der Waals surface area contributed by atoms with Crippen LogP contribution in [0.5, 0.6) is 0 Å². The number of rotatable bonds is 2. The van der Waals surface area contributed by atoms with Crippen molar-refractivity contribution in [2.24, 2.45) is 0 Å². The number of nitrogens with zero attached hydrogens (tertiary/aromatic N) is 1. The van der Waals surface area contributed by atoms with E-state index in [2.05, 4.69) is 5.32 Å². The summed E-state index contributed by atoms with van der Waals surface area (Å²) in [6.45, 7) is 1.80. The Morgan fingerprint density at radius 1 is 1.38 bits per heavy atom. The first-order chi connectivity index (χ1) is 9.71. The molecule has 1 aliphatic rings. The SMILES string of the molecule is CC1CNC(=O)C(=O)N1Cc1cccc(C(F)(F)F)c1Cl. The van der Waals surface area contributed by atoms with Crippen molar-refractivity contribution in [2.45, 2.75) is 25.7 Å². The van der Waals surface area contributed by atoms with Gasteiger partial charge in [0.2, 0.25) is 0 Å². The van der Waals surface area contributed by atoms with E-state index in [0.29, 0.717) is 0 Å². The Balaban J connectivity index is 2.31. The molecular formula is C13H12ClF3N2O2. The molecule has 114 valence electrons. The van der Waals surface area contributed by atoms with Crippen LogP contribution in [0.15, 0.2) is 18.2 Å². The minimum absolute atomic E-state index is 0.143. The van der Waals surface area contributed by atoms with E-state index in [1.165, 1.54) is 17.0 Å². The molecule has 0 radical (unpaired) electrons. The van der Waals surface area contributed by atoms with Gasteiger partial charge in [-0.3, -0.25) is 9.59 Å². The molecular weight excluding hydrogens is 309 g/mol. The van der Waals surface area contributed by atoms with Gasteiger partial charge in [0.1, 0.15) is 0 Å². The molecule has 0 aliphatic carbocycles. The van der Waals surface area contributed by atoms with Gasteiger partial charge in [0.25, 0.3) is 0 Å². The molecule has 1 aromatic carbocycles. The molecule has 1 fully saturated rings.